The van der Waals surface area contributed by atoms with Gasteiger partial charge in [-0.2, -0.15) is 0 Å². The van der Waals surface area contributed by atoms with Crippen LogP contribution < -0.4 is 9.47 Å². The van der Waals surface area contributed by atoms with Crippen molar-refractivity contribution in [2.45, 2.75) is 26.4 Å². The van der Waals surface area contributed by atoms with E-state index >= 15 is 0 Å². The fourth-order valence-corrected chi connectivity index (χ4v) is 4.17. The number of benzene rings is 2. The number of Topliss-reactive ketones (excluding diaryl/α,β-unsaturated/α-hetero) is 1. The number of aliphatic hydroxyl groups is 1. The number of amides is 1. The molecule has 1 aromatic heterocycles. The van der Waals surface area contributed by atoms with Crippen molar-refractivity contribution in [3.8, 4) is 11.5 Å². The lowest BCUT2D eigenvalue weighted by atomic mass is 9.94. The Morgan fingerprint density at radius 1 is 1.12 bits per heavy atom. The number of nitrogens with zero attached hydrogens (tertiary/aromatic N) is 2. The van der Waals surface area contributed by atoms with E-state index in [2.05, 4.69) is 4.98 Å². The van der Waals surface area contributed by atoms with Gasteiger partial charge >= 0.3 is 0 Å². The van der Waals surface area contributed by atoms with Crippen LogP contribution >= 0.6 is 0 Å². The van der Waals surface area contributed by atoms with Crippen LogP contribution in [0, 0.1) is 6.92 Å². The molecule has 1 atom stereocenters. The first-order chi connectivity index (χ1) is 16.4. The number of aliphatic hydroxyl groups excluding tert-OH is 1. The number of hydrogen-bond donors (Lipinski definition) is 1. The Morgan fingerprint density at radius 3 is 2.50 bits per heavy atom. The molecule has 7 nitrogen and oxygen atoms in total. The molecule has 0 spiro atoms. The van der Waals surface area contributed by atoms with Crippen LogP contribution in [0.4, 0.5) is 0 Å². The zero-order valence-corrected chi connectivity index (χ0v) is 19.3. The first kappa shape index (κ1) is 23.0. The fraction of sp³-hybridized carbons (Fsp3) is 0.222. The highest BCUT2D eigenvalue weighted by molar-refractivity contribution is 6.46. The monoisotopic (exact) mass is 458 g/mol. The van der Waals surface area contributed by atoms with Crippen molar-refractivity contribution in [2.75, 3.05) is 13.7 Å². The lowest BCUT2D eigenvalue weighted by Crippen LogP contribution is -2.29. The van der Waals surface area contributed by atoms with Crippen LogP contribution in [0.5, 0.6) is 11.5 Å². The molecule has 34 heavy (non-hydrogen) atoms. The summed E-state index contributed by atoms with van der Waals surface area (Å²) in [6, 6.07) is 15.2. The number of methoxy groups -OCH3 is 1. The third-order valence-electron chi connectivity index (χ3n) is 5.79. The highest BCUT2D eigenvalue weighted by Crippen LogP contribution is 2.41. The molecule has 1 N–H and O–H groups in total. The number of carbonyl (C=O) groups is 2. The maximum atomic E-state index is 13.2. The second kappa shape index (κ2) is 9.79. The van der Waals surface area contributed by atoms with E-state index < -0.39 is 17.7 Å². The maximum Gasteiger partial charge on any atom is 0.295 e. The zero-order valence-electron chi connectivity index (χ0n) is 19.3. The summed E-state index contributed by atoms with van der Waals surface area (Å²) in [6.45, 7) is 4.44. The molecule has 3 aromatic rings. The van der Waals surface area contributed by atoms with Gasteiger partial charge in [0.25, 0.3) is 11.7 Å². The molecule has 2 aromatic carbocycles. The Kier molecular flexibility index (Phi) is 6.63. The van der Waals surface area contributed by atoms with Crippen LogP contribution in [0.3, 0.4) is 0 Å². The van der Waals surface area contributed by atoms with E-state index in [1.807, 2.05) is 32.0 Å². The Labute approximate surface area is 198 Å². The summed E-state index contributed by atoms with van der Waals surface area (Å²) >= 11 is 0. The van der Waals surface area contributed by atoms with Gasteiger partial charge in [-0.05, 0) is 66.9 Å². The number of aryl methyl sites for hydroxylation is 1. The van der Waals surface area contributed by atoms with E-state index in [4.69, 9.17) is 9.47 Å². The molecule has 1 aliphatic heterocycles. The number of pyridine rings is 1. The summed E-state index contributed by atoms with van der Waals surface area (Å²) in [7, 11) is 1.57. The largest absolute Gasteiger partial charge is 0.507 e. The standard InChI is InChI=1S/C27H26N2O5/c1-4-34-21-10-7-19(8-11-21)24-23(25(30)20-9-12-22(33-3)17(2)14-20)26(31)27(32)29(24)16-18-6-5-13-28-15-18/h5-15,24,30H,4,16H2,1-3H3/t24-/m1/s1. The molecule has 0 saturated carbocycles. The van der Waals surface area contributed by atoms with Crippen LogP contribution in [0.15, 0.2) is 72.6 Å². The second-order valence-corrected chi connectivity index (χ2v) is 7.97. The molecule has 2 heterocycles. The second-order valence-electron chi connectivity index (χ2n) is 7.97. The first-order valence-electron chi connectivity index (χ1n) is 11.0. The van der Waals surface area contributed by atoms with Crippen LogP contribution in [-0.2, 0) is 16.1 Å². The Morgan fingerprint density at radius 2 is 1.88 bits per heavy atom. The predicted molar refractivity (Wildman–Crippen MR) is 127 cm³/mol. The topological polar surface area (TPSA) is 89.0 Å². The van der Waals surface area contributed by atoms with Gasteiger partial charge in [0.1, 0.15) is 17.3 Å². The minimum atomic E-state index is -0.765. The van der Waals surface area contributed by atoms with Gasteiger partial charge < -0.3 is 19.5 Å². The Hall–Kier alpha value is -4.13. The minimum absolute atomic E-state index is 0.0441. The molecule has 174 valence electrons. The van der Waals surface area contributed by atoms with E-state index in [1.54, 1.807) is 55.9 Å². The average molecular weight is 459 g/mol. The number of ether oxygens (including phenoxy) is 2. The predicted octanol–water partition coefficient (Wildman–Crippen LogP) is 4.42. The van der Waals surface area contributed by atoms with Gasteiger partial charge in [0.05, 0.1) is 25.3 Å². The summed E-state index contributed by atoms with van der Waals surface area (Å²) in [5.74, 6) is -0.280. The summed E-state index contributed by atoms with van der Waals surface area (Å²) in [5, 5.41) is 11.3. The molecule has 4 rings (SSSR count). The van der Waals surface area contributed by atoms with E-state index in [0.29, 0.717) is 29.2 Å². The van der Waals surface area contributed by atoms with Gasteiger partial charge in [0.15, 0.2) is 0 Å². The number of ketones is 1. The SMILES string of the molecule is CCOc1ccc([C@@H]2C(=C(O)c3ccc(OC)c(C)c3)C(=O)C(=O)N2Cc2cccnc2)cc1. The molecule has 0 bridgehead atoms. The molecule has 0 aliphatic carbocycles. The van der Waals surface area contributed by atoms with Crippen molar-refractivity contribution >= 4 is 17.4 Å². The van der Waals surface area contributed by atoms with Gasteiger partial charge in [-0.3, -0.25) is 14.6 Å². The van der Waals surface area contributed by atoms with Gasteiger partial charge in [-0.1, -0.05) is 18.2 Å². The van der Waals surface area contributed by atoms with Gasteiger partial charge in [-0.15, -0.1) is 0 Å². The van der Waals surface area contributed by atoms with Crippen molar-refractivity contribution < 1.29 is 24.2 Å². The lowest BCUT2D eigenvalue weighted by Gasteiger charge is -2.25. The smallest absolute Gasteiger partial charge is 0.295 e. The van der Waals surface area contributed by atoms with Crippen LogP contribution in [-0.4, -0.2) is 40.4 Å². The summed E-state index contributed by atoms with van der Waals surface area (Å²) in [4.78, 5) is 31.9. The van der Waals surface area contributed by atoms with Gasteiger partial charge in [0, 0.05) is 24.5 Å². The van der Waals surface area contributed by atoms with Crippen LogP contribution in [0.2, 0.25) is 0 Å². The number of hydrogen-bond acceptors (Lipinski definition) is 6. The summed E-state index contributed by atoms with van der Waals surface area (Å²) in [6.07, 6.45) is 3.30. The van der Waals surface area contributed by atoms with Crippen molar-refractivity contribution in [3.63, 3.8) is 0 Å². The van der Waals surface area contributed by atoms with E-state index in [-0.39, 0.29) is 17.9 Å². The van der Waals surface area contributed by atoms with E-state index in [9.17, 15) is 14.7 Å². The van der Waals surface area contributed by atoms with Crippen molar-refractivity contribution in [1.29, 1.82) is 0 Å². The number of rotatable bonds is 7. The normalized spacial score (nSPS) is 17.1. The molecule has 1 fully saturated rings. The van der Waals surface area contributed by atoms with Crippen LogP contribution in [0.1, 0.15) is 35.2 Å². The molecule has 1 amide bonds. The highest BCUT2D eigenvalue weighted by atomic mass is 16.5. The van der Waals surface area contributed by atoms with Crippen LogP contribution in [0.25, 0.3) is 5.76 Å². The average Bonchev–Trinajstić information content (AvgIpc) is 3.10. The summed E-state index contributed by atoms with van der Waals surface area (Å²) in [5.41, 5.74) is 2.75. The molecule has 1 aliphatic rings. The van der Waals surface area contributed by atoms with Gasteiger partial charge in [-0.25, -0.2) is 0 Å². The molecule has 7 heteroatoms. The van der Waals surface area contributed by atoms with E-state index in [0.717, 1.165) is 11.1 Å². The van der Waals surface area contributed by atoms with E-state index in [1.165, 1.54) is 4.90 Å². The molecular weight excluding hydrogens is 432 g/mol. The lowest BCUT2D eigenvalue weighted by molar-refractivity contribution is -0.140. The Bertz CT molecular complexity index is 1240. The van der Waals surface area contributed by atoms with Crippen molar-refractivity contribution in [1.82, 2.24) is 9.88 Å². The quantitative estimate of drug-likeness (QED) is 0.320. The molecular formula is C27H26N2O5. The third-order valence-corrected chi connectivity index (χ3v) is 5.79. The number of aromatic nitrogens is 1. The number of likely N-dealkylation sites (tertiary alicyclic amines) is 1. The van der Waals surface area contributed by atoms with Crippen molar-refractivity contribution in [3.05, 3.63) is 94.8 Å². The molecule has 1 saturated heterocycles. The summed E-state index contributed by atoms with van der Waals surface area (Å²) < 4.78 is 10.8. The minimum Gasteiger partial charge on any atom is -0.507 e. The fourth-order valence-electron chi connectivity index (χ4n) is 4.17. The first-order valence-corrected chi connectivity index (χ1v) is 11.0. The van der Waals surface area contributed by atoms with Gasteiger partial charge in [0.2, 0.25) is 0 Å². The maximum absolute atomic E-state index is 13.2. The third kappa shape index (κ3) is 4.37. The molecule has 0 radical (unpaired) electrons. The molecule has 0 unspecified atom stereocenters. The zero-order chi connectivity index (χ0) is 24.2. The Balaban J connectivity index is 1.84. The highest BCUT2D eigenvalue weighted by Gasteiger charge is 2.46. The number of carbonyl (C=O) groups excluding carboxylic acids is 2. The van der Waals surface area contributed by atoms with Crippen molar-refractivity contribution in [2.24, 2.45) is 0 Å².